The number of ether oxygens (including phenoxy) is 1. The summed E-state index contributed by atoms with van der Waals surface area (Å²) in [5.74, 6) is 1.36. The van der Waals surface area contributed by atoms with Crippen LogP contribution >= 0.6 is 0 Å². The van der Waals surface area contributed by atoms with Gasteiger partial charge in [0.15, 0.2) is 0 Å². The van der Waals surface area contributed by atoms with Crippen molar-refractivity contribution in [3.63, 3.8) is 0 Å². The molecule has 0 aliphatic carbocycles. The standard InChI is InChI=1S/C22H32N4O3/c1-16-23-15-19(22(28)25-9-3-2-4-10-25)20(24-16)17-5-11-26(12-6-17)21(27)18-7-13-29-14-8-18/h15,17-18H,2-14H2,1H3. The molecule has 29 heavy (non-hydrogen) atoms. The number of hydrogen-bond donors (Lipinski definition) is 0. The van der Waals surface area contributed by atoms with Crippen molar-refractivity contribution in [2.45, 2.75) is 57.8 Å². The monoisotopic (exact) mass is 400 g/mol. The third-order valence-electron chi connectivity index (χ3n) is 6.58. The van der Waals surface area contributed by atoms with Crippen molar-refractivity contribution < 1.29 is 14.3 Å². The van der Waals surface area contributed by atoms with Crippen LogP contribution in [0.2, 0.25) is 0 Å². The summed E-state index contributed by atoms with van der Waals surface area (Å²) < 4.78 is 5.39. The van der Waals surface area contributed by atoms with Crippen molar-refractivity contribution in [3.8, 4) is 0 Å². The fourth-order valence-electron chi connectivity index (χ4n) is 4.81. The number of piperidine rings is 2. The first-order valence-electron chi connectivity index (χ1n) is 11.1. The Hall–Kier alpha value is -2.02. The van der Waals surface area contributed by atoms with Gasteiger partial charge < -0.3 is 14.5 Å². The van der Waals surface area contributed by atoms with Crippen molar-refractivity contribution in [1.29, 1.82) is 0 Å². The highest BCUT2D eigenvalue weighted by Gasteiger charge is 2.32. The van der Waals surface area contributed by atoms with E-state index in [1.54, 1.807) is 6.20 Å². The van der Waals surface area contributed by atoms with E-state index in [4.69, 9.17) is 9.72 Å². The van der Waals surface area contributed by atoms with E-state index in [0.717, 1.165) is 70.4 Å². The van der Waals surface area contributed by atoms with Gasteiger partial charge in [0.1, 0.15) is 5.82 Å². The van der Waals surface area contributed by atoms with Gasteiger partial charge in [-0.25, -0.2) is 9.97 Å². The molecule has 4 rings (SSSR count). The summed E-state index contributed by atoms with van der Waals surface area (Å²) in [6.07, 6.45) is 8.42. The first-order chi connectivity index (χ1) is 14.1. The van der Waals surface area contributed by atoms with Crippen LogP contribution in [-0.2, 0) is 9.53 Å². The van der Waals surface area contributed by atoms with E-state index in [0.29, 0.717) is 24.6 Å². The minimum Gasteiger partial charge on any atom is -0.381 e. The van der Waals surface area contributed by atoms with Crippen molar-refractivity contribution in [2.75, 3.05) is 39.4 Å². The third kappa shape index (κ3) is 4.60. The molecule has 0 N–H and O–H groups in total. The first kappa shape index (κ1) is 20.3. The molecule has 158 valence electrons. The summed E-state index contributed by atoms with van der Waals surface area (Å²) in [4.78, 5) is 38.9. The third-order valence-corrected chi connectivity index (χ3v) is 6.58. The average molecular weight is 401 g/mol. The van der Waals surface area contributed by atoms with Gasteiger partial charge in [0.05, 0.1) is 11.3 Å². The lowest BCUT2D eigenvalue weighted by molar-refractivity contribution is -0.139. The van der Waals surface area contributed by atoms with Crippen molar-refractivity contribution >= 4 is 11.8 Å². The van der Waals surface area contributed by atoms with Crippen molar-refractivity contribution in [3.05, 3.63) is 23.3 Å². The Bertz CT molecular complexity index is 734. The Kier molecular flexibility index (Phi) is 6.43. The minimum atomic E-state index is 0.0698. The summed E-state index contributed by atoms with van der Waals surface area (Å²) in [6, 6.07) is 0. The number of rotatable bonds is 3. The predicted octanol–water partition coefficient (Wildman–Crippen LogP) is 2.54. The van der Waals surface area contributed by atoms with E-state index in [1.165, 1.54) is 6.42 Å². The van der Waals surface area contributed by atoms with Crippen molar-refractivity contribution in [2.24, 2.45) is 5.92 Å². The van der Waals surface area contributed by atoms with Gasteiger partial charge >= 0.3 is 0 Å². The molecule has 0 radical (unpaired) electrons. The van der Waals surface area contributed by atoms with E-state index in [9.17, 15) is 9.59 Å². The van der Waals surface area contributed by atoms with Crippen LogP contribution in [0.15, 0.2) is 6.20 Å². The second-order valence-corrected chi connectivity index (χ2v) is 8.56. The number of carbonyl (C=O) groups is 2. The topological polar surface area (TPSA) is 75.6 Å². The number of aromatic nitrogens is 2. The smallest absolute Gasteiger partial charge is 0.257 e. The lowest BCUT2D eigenvalue weighted by atomic mass is 9.89. The fraction of sp³-hybridized carbons (Fsp3) is 0.727. The van der Waals surface area contributed by atoms with Gasteiger partial charge in [-0.3, -0.25) is 9.59 Å². The maximum atomic E-state index is 13.1. The number of aryl methyl sites for hydroxylation is 1. The molecular weight excluding hydrogens is 368 g/mol. The highest BCUT2D eigenvalue weighted by molar-refractivity contribution is 5.95. The van der Waals surface area contributed by atoms with Crippen LogP contribution in [0.5, 0.6) is 0 Å². The van der Waals surface area contributed by atoms with Gasteiger partial charge in [0.25, 0.3) is 5.91 Å². The number of hydrogen-bond acceptors (Lipinski definition) is 5. The summed E-state index contributed by atoms with van der Waals surface area (Å²) in [6.45, 7) is 6.38. The molecule has 7 nitrogen and oxygen atoms in total. The van der Waals surface area contributed by atoms with Gasteiger partial charge in [-0.05, 0) is 51.9 Å². The van der Waals surface area contributed by atoms with E-state index >= 15 is 0 Å². The largest absolute Gasteiger partial charge is 0.381 e. The summed E-state index contributed by atoms with van der Waals surface area (Å²) in [5, 5.41) is 0. The highest BCUT2D eigenvalue weighted by atomic mass is 16.5. The number of likely N-dealkylation sites (tertiary alicyclic amines) is 2. The molecule has 0 aromatic carbocycles. The Balaban J connectivity index is 1.44. The molecular formula is C22H32N4O3. The molecule has 0 saturated carbocycles. The molecule has 0 atom stereocenters. The second-order valence-electron chi connectivity index (χ2n) is 8.56. The molecule has 3 aliphatic rings. The predicted molar refractivity (Wildman–Crippen MR) is 109 cm³/mol. The maximum absolute atomic E-state index is 13.1. The molecule has 4 heterocycles. The SMILES string of the molecule is Cc1ncc(C(=O)N2CCCCC2)c(C2CCN(C(=O)C3CCOCC3)CC2)n1. The Labute approximate surface area is 172 Å². The summed E-state index contributed by atoms with van der Waals surface area (Å²) in [7, 11) is 0. The highest BCUT2D eigenvalue weighted by Crippen LogP contribution is 2.31. The lowest BCUT2D eigenvalue weighted by Gasteiger charge is -2.35. The number of amides is 2. The number of nitrogens with zero attached hydrogens (tertiary/aromatic N) is 4. The van der Waals surface area contributed by atoms with Crippen LogP contribution in [0.1, 0.15) is 72.7 Å². The van der Waals surface area contributed by atoms with E-state index in [1.807, 2.05) is 16.7 Å². The zero-order valence-corrected chi connectivity index (χ0v) is 17.4. The maximum Gasteiger partial charge on any atom is 0.257 e. The summed E-state index contributed by atoms with van der Waals surface area (Å²) >= 11 is 0. The molecule has 0 spiro atoms. The molecule has 3 saturated heterocycles. The van der Waals surface area contributed by atoms with Crippen molar-refractivity contribution in [1.82, 2.24) is 19.8 Å². The Morgan fingerprint density at radius 1 is 0.966 bits per heavy atom. The Morgan fingerprint density at radius 3 is 2.34 bits per heavy atom. The summed E-state index contributed by atoms with van der Waals surface area (Å²) in [5.41, 5.74) is 1.54. The zero-order chi connectivity index (χ0) is 20.2. The molecule has 3 fully saturated rings. The normalized spacial score (nSPS) is 22.0. The van der Waals surface area contributed by atoms with Crippen LogP contribution in [0, 0.1) is 12.8 Å². The van der Waals surface area contributed by atoms with Crippen LogP contribution in [0.25, 0.3) is 0 Å². The molecule has 0 unspecified atom stereocenters. The van der Waals surface area contributed by atoms with Gasteiger partial charge in [0.2, 0.25) is 5.91 Å². The van der Waals surface area contributed by atoms with Crippen LogP contribution in [-0.4, -0.2) is 71.0 Å². The fourth-order valence-corrected chi connectivity index (χ4v) is 4.81. The zero-order valence-electron chi connectivity index (χ0n) is 17.4. The second kappa shape index (κ2) is 9.20. The quantitative estimate of drug-likeness (QED) is 0.779. The molecule has 3 aliphatic heterocycles. The van der Waals surface area contributed by atoms with E-state index in [-0.39, 0.29) is 23.7 Å². The Morgan fingerprint density at radius 2 is 1.66 bits per heavy atom. The molecule has 2 amide bonds. The number of carbonyl (C=O) groups excluding carboxylic acids is 2. The van der Waals surface area contributed by atoms with E-state index in [2.05, 4.69) is 4.98 Å². The van der Waals surface area contributed by atoms with E-state index < -0.39 is 0 Å². The molecule has 1 aromatic rings. The molecule has 0 bridgehead atoms. The minimum absolute atomic E-state index is 0.0698. The van der Waals surface area contributed by atoms with Gasteiger partial charge in [-0.1, -0.05) is 0 Å². The molecule has 1 aromatic heterocycles. The van der Waals surface area contributed by atoms with Crippen LogP contribution in [0.4, 0.5) is 0 Å². The molecule has 7 heteroatoms. The average Bonchev–Trinajstić information content (AvgIpc) is 2.79. The van der Waals surface area contributed by atoms with Gasteiger partial charge in [-0.2, -0.15) is 0 Å². The van der Waals surface area contributed by atoms with Gasteiger partial charge in [0, 0.05) is 57.4 Å². The lowest BCUT2D eigenvalue weighted by Crippen LogP contribution is -2.43. The van der Waals surface area contributed by atoms with Crippen LogP contribution < -0.4 is 0 Å². The first-order valence-corrected chi connectivity index (χ1v) is 11.1. The van der Waals surface area contributed by atoms with Crippen LogP contribution in [0.3, 0.4) is 0 Å². The van der Waals surface area contributed by atoms with Gasteiger partial charge in [-0.15, -0.1) is 0 Å².